The summed E-state index contributed by atoms with van der Waals surface area (Å²) in [5, 5.41) is 17.8. The molecule has 0 rings (SSSR count). The van der Waals surface area contributed by atoms with Gasteiger partial charge in [0, 0.05) is 6.42 Å². The molecule has 0 radical (unpaired) electrons. The van der Waals surface area contributed by atoms with E-state index in [0.717, 1.165) is 12.8 Å². The first-order chi connectivity index (χ1) is 4.62. The van der Waals surface area contributed by atoms with Crippen LogP contribution < -0.4 is 0 Å². The molecule has 0 aromatic carbocycles. The van der Waals surface area contributed by atoms with Gasteiger partial charge in [0.25, 0.3) is 5.97 Å². The van der Waals surface area contributed by atoms with Crippen molar-refractivity contribution in [3.05, 3.63) is 0 Å². The van der Waals surface area contributed by atoms with Gasteiger partial charge in [-0.25, -0.2) is 0 Å². The minimum atomic E-state index is -1.91. The van der Waals surface area contributed by atoms with E-state index in [1.807, 2.05) is 6.92 Å². The molecule has 0 bridgehead atoms. The largest absolute Gasteiger partial charge is 0.343 e. The quantitative estimate of drug-likeness (QED) is 0.449. The molecule has 10 heavy (non-hydrogen) atoms. The average molecular weight is 148 g/mol. The van der Waals surface area contributed by atoms with Crippen LogP contribution in [0.5, 0.6) is 0 Å². The van der Waals surface area contributed by atoms with Gasteiger partial charge in [-0.3, -0.25) is 0 Å². The summed E-state index contributed by atoms with van der Waals surface area (Å²) < 4.78 is 4.73. The van der Waals surface area contributed by atoms with Gasteiger partial charge in [0.2, 0.25) is 0 Å². The fourth-order valence-electron chi connectivity index (χ4n) is 0.482. The molecule has 0 atom stereocenters. The average Bonchev–Trinajstić information content (AvgIpc) is 1.89. The van der Waals surface area contributed by atoms with E-state index < -0.39 is 5.97 Å². The van der Waals surface area contributed by atoms with Crippen molar-refractivity contribution < 1.29 is 14.9 Å². The third-order valence-corrected chi connectivity index (χ3v) is 1.29. The van der Waals surface area contributed by atoms with E-state index in [0.29, 0.717) is 6.61 Å². The first-order valence-electron chi connectivity index (χ1n) is 3.71. The van der Waals surface area contributed by atoms with Crippen LogP contribution in [0.4, 0.5) is 0 Å². The van der Waals surface area contributed by atoms with Gasteiger partial charge in [0.05, 0.1) is 6.61 Å². The van der Waals surface area contributed by atoms with Crippen LogP contribution in [0.2, 0.25) is 0 Å². The van der Waals surface area contributed by atoms with Gasteiger partial charge < -0.3 is 14.9 Å². The topological polar surface area (TPSA) is 49.7 Å². The van der Waals surface area contributed by atoms with Gasteiger partial charge in [-0.05, 0) is 6.42 Å². The molecule has 0 saturated carbocycles. The number of rotatable bonds is 5. The van der Waals surface area contributed by atoms with Crippen LogP contribution in [0, 0.1) is 0 Å². The van der Waals surface area contributed by atoms with Crippen LogP contribution in [0.15, 0.2) is 0 Å². The Bertz CT molecular complexity index is 80.9. The van der Waals surface area contributed by atoms with E-state index in [9.17, 15) is 0 Å². The van der Waals surface area contributed by atoms with E-state index in [1.165, 1.54) is 0 Å². The van der Waals surface area contributed by atoms with Crippen LogP contribution in [-0.4, -0.2) is 22.8 Å². The smallest absolute Gasteiger partial charge is 0.277 e. The molecule has 0 amide bonds. The molecule has 0 aromatic heterocycles. The lowest BCUT2D eigenvalue weighted by molar-refractivity contribution is -0.338. The maximum atomic E-state index is 8.88. The molecule has 0 heterocycles. The second kappa shape index (κ2) is 4.66. The van der Waals surface area contributed by atoms with Gasteiger partial charge in [-0.15, -0.1) is 0 Å². The molecule has 0 aliphatic carbocycles. The monoisotopic (exact) mass is 148 g/mol. The standard InChI is InChI=1S/C7H16O3/c1-3-5-6-10-7(8,9)4-2/h8-9H,3-6H2,1-2H3. The number of hydrogen-bond donors (Lipinski definition) is 2. The Balaban J connectivity index is 3.28. The predicted molar refractivity (Wildman–Crippen MR) is 38.3 cm³/mol. The minimum Gasteiger partial charge on any atom is -0.343 e. The lowest BCUT2D eigenvalue weighted by Gasteiger charge is -2.19. The third kappa shape index (κ3) is 4.73. The van der Waals surface area contributed by atoms with Crippen molar-refractivity contribution >= 4 is 0 Å². The molecule has 3 nitrogen and oxygen atoms in total. The summed E-state index contributed by atoms with van der Waals surface area (Å²) in [6.07, 6.45) is 2.07. The summed E-state index contributed by atoms with van der Waals surface area (Å²) in [5.41, 5.74) is 0. The van der Waals surface area contributed by atoms with Crippen LogP contribution in [0.25, 0.3) is 0 Å². The van der Waals surface area contributed by atoms with Crippen molar-refractivity contribution in [3.63, 3.8) is 0 Å². The van der Waals surface area contributed by atoms with Gasteiger partial charge in [-0.1, -0.05) is 20.3 Å². The highest BCUT2D eigenvalue weighted by Crippen LogP contribution is 2.07. The van der Waals surface area contributed by atoms with Crippen molar-refractivity contribution in [1.82, 2.24) is 0 Å². The van der Waals surface area contributed by atoms with Crippen molar-refractivity contribution in [2.45, 2.75) is 39.1 Å². The Morgan fingerprint density at radius 2 is 1.90 bits per heavy atom. The zero-order valence-electron chi connectivity index (χ0n) is 6.63. The first kappa shape index (κ1) is 9.88. The Morgan fingerprint density at radius 3 is 2.30 bits per heavy atom. The highest BCUT2D eigenvalue weighted by molar-refractivity contribution is 4.44. The Kier molecular flexibility index (Phi) is 4.60. The Morgan fingerprint density at radius 1 is 1.30 bits per heavy atom. The second-order valence-electron chi connectivity index (χ2n) is 2.30. The second-order valence-corrected chi connectivity index (χ2v) is 2.30. The number of unbranched alkanes of at least 4 members (excludes halogenated alkanes) is 1. The fourth-order valence-corrected chi connectivity index (χ4v) is 0.482. The number of ether oxygens (including phenoxy) is 1. The highest BCUT2D eigenvalue weighted by atomic mass is 16.8. The normalized spacial score (nSPS) is 12.0. The van der Waals surface area contributed by atoms with Crippen molar-refractivity contribution in [2.75, 3.05) is 6.61 Å². The molecule has 0 aliphatic rings. The maximum Gasteiger partial charge on any atom is 0.277 e. The van der Waals surface area contributed by atoms with Gasteiger partial charge >= 0.3 is 0 Å². The van der Waals surface area contributed by atoms with Crippen LogP contribution in [-0.2, 0) is 4.74 Å². The molecular formula is C7H16O3. The minimum absolute atomic E-state index is 0.205. The zero-order valence-corrected chi connectivity index (χ0v) is 6.63. The van der Waals surface area contributed by atoms with E-state index in [-0.39, 0.29) is 6.42 Å². The molecule has 0 spiro atoms. The zero-order chi connectivity index (χ0) is 8.04. The van der Waals surface area contributed by atoms with Crippen LogP contribution in [0.1, 0.15) is 33.1 Å². The van der Waals surface area contributed by atoms with E-state index in [1.54, 1.807) is 6.92 Å². The summed E-state index contributed by atoms with van der Waals surface area (Å²) >= 11 is 0. The van der Waals surface area contributed by atoms with Crippen LogP contribution in [0.3, 0.4) is 0 Å². The van der Waals surface area contributed by atoms with Crippen molar-refractivity contribution in [3.8, 4) is 0 Å². The van der Waals surface area contributed by atoms with E-state index in [2.05, 4.69) is 0 Å². The van der Waals surface area contributed by atoms with Gasteiger partial charge in [0.15, 0.2) is 0 Å². The summed E-state index contributed by atoms with van der Waals surface area (Å²) in [5.74, 6) is -1.91. The summed E-state index contributed by atoms with van der Waals surface area (Å²) in [6.45, 7) is 4.09. The molecule has 0 unspecified atom stereocenters. The third-order valence-electron chi connectivity index (χ3n) is 1.29. The lowest BCUT2D eigenvalue weighted by atomic mass is 10.3. The fraction of sp³-hybridized carbons (Fsp3) is 1.00. The molecule has 2 N–H and O–H groups in total. The summed E-state index contributed by atoms with van der Waals surface area (Å²) in [7, 11) is 0. The lowest BCUT2D eigenvalue weighted by Crippen LogP contribution is -2.31. The van der Waals surface area contributed by atoms with Crippen molar-refractivity contribution in [1.29, 1.82) is 0 Å². The van der Waals surface area contributed by atoms with E-state index in [4.69, 9.17) is 14.9 Å². The Labute approximate surface area is 61.6 Å². The maximum absolute atomic E-state index is 8.88. The SMILES string of the molecule is CCCCOC(O)(O)CC. The molecule has 62 valence electrons. The molecular weight excluding hydrogens is 132 g/mol. The van der Waals surface area contributed by atoms with Gasteiger partial charge in [-0.2, -0.15) is 0 Å². The predicted octanol–water partition coefficient (Wildman–Crippen LogP) is 0.851. The van der Waals surface area contributed by atoms with E-state index >= 15 is 0 Å². The molecule has 0 aliphatic heterocycles. The molecule has 0 fully saturated rings. The first-order valence-corrected chi connectivity index (χ1v) is 3.71. The van der Waals surface area contributed by atoms with Gasteiger partial charge in [0.1, 0.15) is 0 Å². The number of hydrogen-bond acceptors (Lipinski definition) is 3. The Hall–Kier alpha value is -0.120. The molecule has 0 saturated heterocycles. The van der Waals surface area contributed by atoms with Crippen molar-refractivity contribution in [2.24, 2.45) is 0 Å². The molecule has 3 heteroatoms. The highest BCUT2D eigenvalue weighted by Gasteiger charge is 2.19. The number of aliphatic hydroxyl groups is 2. The molecule has 0 aromatic rings. The summed E-state index contributed by atoms with van der Waals surface area (Å²) in [6, 6.07) is 0. The summed E-state index contributed by atoms with van der Waals surface area (Å²) in [4.78, 5) is 0. The van der Waals surface area contributed by atoms with Crippen LogP contribution >= 0.6 is 0 Å².